The highest BCUT2D eigenvalue weighted by Gasteiger charge is 2.25. The molecule has 0 aliphatic carbocycles. The van der Waals surface area contributed by atoms with E-state index in [1.807, 2.05) is 24.3 Å². The van der Waals surface area contributed by atoms with Crippen LogP contribution < -0.4 is 10.5 Å². The minimum absolute atomic E-state index is 0.348. The zero-order valence-electron chi connectivity index (χ0n) is 18.6. The average molecular weight is 362 g/mol. The van der Waals surface area contributed by atoms with E-state index in [0.29, 0.717) is 22.7 Å². The van der Waals surface area contributed by atoms with Crippen LogP contribution in [0.5, 0.6) is 5.75 Å². The highest BCUT2D eigenvalue weighted by atomic mass is 16.5. The van der Waals surface area contributed by atoms with E-state index in [9.17, 15) is 0 Å². The minimum Gasteiger partial charge on any atom is -0.491 e. The van der Waals surface area contributed by atoms with Crippen LogP contribution in [0.3, 0.4) is 0 Å². The van der Waals surface area contributed by atoms with Crippen molar-refractivity contribution in [2.75, 3.05) is 12.3 Å². The van der Waals surface area contributed by atoms with Crippen molar-refractivity contribution < 1.29 is 4.74 Å². The summed E-state index contributed by atoms with van der Waals surface area (Å²) in [4.78, 5) is 0. The Morgan fingerprint density at radius 2 is 1.46 bits per heavy atom. The Labute approximate surface area is 162 Å². The van der Waals surface area contributed by atoms with E-state index < -0.39 is 0 Å². The number of para-hydroxylation sites is 2. The van der Waals surface area contributed by atoms with Crippen LogP contribution in [-0.2, 0) is 0 Å². The molecule has 0 aliphatic rings. The highest BCUT2D eigenvalue weighted by molar-refractivity contribution is 5.51. The second-order valence-electron chi connectivity index (χ2n) is 10.8. The van der Waals surface area contributed by atoms with Crippen LogP contribution in [-0.4, -0.2) is 6.61 Å². The Hall–Kier alpha value is -1.18. The first kappa shape index (κ1) is 22.9. The monoisotopic (exact) mass is 361 g/mol. The van der Waals surface area contributed by atoms with Crippen LogP contribution in [0.2, 0.25) is 0 Å². The standard InChI is InChI=1S/C24H43NO/c1-18(15-23(3,4)5)13-14-20(19(2)16-24(6,7)8)17-26-22-12-10-9-11-21(22)25/h9-12,18-20H,13-17,25H2,1-8H3/t18-,19-,20+/m0/s1. The zero-order valence-corrected chi connectivity index (χ0v) is 18.6. The van der Waals surface area contributed by atoms with Crippen molar-refractivity contribution in [2.24, 2.45) is 28.6 Å². The molecule has 0 amide bonds. The lowest BCUT2D eigenvalue weighted by atomic mass is 9.76. The topological polar surface area (TPSA) is 35.2 Å². The van der Waals surface area contributed by atoms with Gasteiger partial charge in [0.2, 0.25) is 0 Å². The molecule has 0 bridgehead atoms. The first-order chi connectivity index (χ1) is 11.9. The molecule has 0 saturated carbocycles. The predicted octanol–water partition coefficient (Wildman–Crippen LogP) is 7.19. The Bertz CT molecular complexity index is 524. The molecule has 1 aromatic rings. The SMILES string of the molecule is C[C@@H](CC[C@H](COc1ccccc1N)[C@@H](C)CC(C)(C)C)CC(C)(C)C. The third-order valence-electron chi connectivity index (χ3n) is 5.10. The summed E-state index contributed by atoms with van der Waals surface area (Å²) in [5.74, 6) is 2.78. The summed E-state index contributed by atoms with van der Waals surface area (Å²) < 4.78 is 6.14. The number of anilines is 1. The van der Waals surface area contributed by atoms with Crippen molar-refractivity contribution in [2.45, 2.75) is 81.1 Å². The van der Waals surface area contributed by atoms with Crippen LogP contribution in [0.4, 0.5) is 5.69 Å². The number of nitrogens with two attached hydrogens (primary N) is 1. The summed E-state index contributed by atoms with van der Waals surface area (Å²) in [7, 11) is 0. The van der Waals surface area contributed by atoms with Gasteiger partial charge in [0.05, 0.1) is 12.3 Å². The van der Waals surface area contributed by atoms with Gasteiger partial charge in [-0.25, -0.2) is 0 Å². The highest BCUT2D eigenvalue weighted by Crippen LogP contribution is 2.34. The molecule has 2 heteroatoms. The Kier molecular flexibility index (Phi) is 8.50. The van der Waals surface area contributed by atoms with E-state index in [2.05, 4.69) is 55.4 Å². The number of ether oxygens (including phenoxy) is 1. The molecule has 26 heavy (non-hydrogen) atoms. The molecule has 0 unspecified atom stereocenters. The minimum atomic E-state index is 0.348. The second-order valence-corrected chi connectivity index (χ2v) is 10.8. The van der Waals surface area contributed by atoms with Crippen LogP contribution in [0.15, 0.2) is 24.3 Å². The molecule has 2 N–H and O–H groups in total. The summed E-state index contributed by atoms with van der Waals surface area (Å²) in [5.41, 5.74) is 7.53. The van der Waals surface area contributed by atoms with Gasteiger partial charge in [-0.05, 0) is 60.0 Å². The van der Waals surface area contributed by atoms with Gasteiger partial charge < -0.3 is 10.5 Å². The van der Waals surface area contributed by atoms with Crippen molar-refractivity contribution in [3.63, 3.8) is 0 Å². The number of hydrogen-bond donors (Lipinski definition) is 1. The molecule has 0 aliphatic heterocycles. The largest absolute Gasteiger partial charge is 0.491 e. The predicted molar refractivity (Wildman–Crippen MR) is 116 cm³/mol. The Morgan fingerprint density at radius 1 is 0.885 bits per heavy atom. The van der Waals surface area contributed by atoms with Gasteiger partial charge in [-0.1, -0.05) is 73.9 Å². The van der Waals surface area contributed by atoms with Crippen molar-refractivity contribution in [1.29, 1.82) is 0 Å². The quantitative estimate of drug-likeness (QED) is 0.472. The van der Waals surface area contributed by atoms with E-state index in [4.69, 9.17) is 10.5 Å². The average Bonchev–Trinajstić information content (AvgIpc) is 2.45. The second kappa shape index (κ2) is 9.67. The fourth-order valence-corrected chi connectivity index (χ4v) is 4.12. The molecular weight excluding hydrogens is 318 g/mol. The Morgan fingerprint density at radius 3 is 2.00 bits per heavy atom. The maximum atomic E-state index is 6.14. The molecule has 0 aromatic heterocycles. The first-order valence-electron chi connectivity index (χ1n) is 10.3. The van der Waals surface area contributed by atoms with Gasteiger partial charge in [0, 0.05) is 0 Å². The maximum absolute atomic E-state index is 6.14. The molecule has 3 atom stereocenters. The fraction of sp³-hybridized carbons (Fsp3) is 0.750. The van der Waals surface area contributed by atoms with Crippen LogP contribution in [0, 0.1) is 28.6 Å². The molecule has 0 fully saturated rings. The van der Waals surface area contributed by atoms with E-state index in [0.717, 1.165) is 24.0 Å². The van der Waals surface area contributed by atoms with Gasteiger partial charge >= 0.3 is 0 Å². The molecule has 1 rings (SSSR count). The first-order valence-corrected chi connectivity index (χ1v) is 10.3. The van der Waals surface area contributed by atoms with Gasteiger partial charge in [0.25, 0.3) is 0 Å². The molecule has 0 spiro atoms. The summed E-state index contributed by atoms with van der Waals surface area (Å²) in [6.07, 6.45) is 4.99. The molecule has 0 saturated heterocycles. The van der Waals surface area contributed by atoms with Crippen molar-refractivity contribution in [1.82, 2.24) is 0 Å². The van der Waals surface area contributed by atoms with E-state index >= 15 is 0 Å². The smallest absolute Gasteiger partial charge is 0.142 e. The fourth-order valence-electron chi connectivity index (χ4n) is 4.12. The molecule has 0 radical (unpaired) electrons. The van der Waals surface area contributed by atoms with Crippen molar-refractivity contribution in [3.05, 3.63) is 24.3 Å². The van der Waals surface area contributed by atoms with Crippen LogP contribution in [0.25, 0.3) is 0 Å². The van der Waals surface area contributed by atoms with Gasteiger partial charge in [0.1, 0.15) is 5.75 Å². The molecule has 0 heterocycles. The lowest BCUT2D eigenvalue weighted by Crippen LogP contribution is -2.25. The lowest BCUT2D eigenvalue weighted by molar-refractivity contribution is 0.148. The van der Waals surface area contributed by atoms with Gasteiger partial charge in [-0.15, -0.1) is 0 Å². The van der Waals surface area contributed by atoms with E-state index in [1.165, 1.54) is 25.7 Å². The summed E-state index contributed by atoms with van der Waals surface area (Å²) in [5, 5.41) is 0. The van der Waals surface area contributed by atoms with E-state index in [-0.39, 0.29) is 0 Å². The summed E-state index contributed by atoms with van der Waals surface area (Å²) in [6.45, 7) is 19.6. The number of nitrogen functional groups attached to an aromatic ring is 1. The van der Waals surface area contributed by atoms with Gasteiger partial charge in [-0.2, -0.15) is 0 Å². The maximum Gasteiger partial charge on any atom is 0.142 e. The number of rotatable bonds is 9. The lowest BCUT2D eigenvalue weighted by Gasteiger charge is -2.31. The zero-order chi connectivity index (χ0) is 20.0. The normalized spacial score (nSPS) is 16.2. The molecular formula is C24H43NO. The van der Waals surface area contributed by atoms with Crippen LogP contribution in [0.1, 0.15) is 81.1 Å². The van der Waals surface area contributed by atoms with E-state index in [1.54, 1.807) is 0 Å². The summed E-state index contributed by atoms with van der Waals surface area (Å²) in [6, 6.07) is 7.83. The summed E-state index contributed by atoms with van der Waals surface area (Å²) >= 11 is 0. The molecule has 2 nitrogen and oxygen atoms in total. The van der Waals surface area contributed by atoms with Gasteiger partial charge in [-0.3, -0.25) is 0 Å². The Balaban J connectivity index is 2.70. The van der Waals surface area contributed by atoms with Crippen molar-refractivity contribution in [3.8, 4) is 5.75 Å². The van der Waals surface area contributed by atoms with Crippen molar-refractivity contribution >= 4 is 5.69 Å². The molecule has 150 valence electrons. The van der Waals surface area contributed by atoms with Crippen LogP contribution >= 0.6 is 0 Å². The third-order valence-corrected chi connectivity index (χ3v) is 5.10. The number of hydrogen-bond acceptors (Lipinski definition) is 2. The number of benzene rings is 1. The molecule has 1 aromatic carbocycles. The van der Waals surface area contributed by atoms with Gasteiger partial charge in [0.15, 0.2) is 0 Å². The third kappa shape index (κ3) is 9.50.